The first-order valence-electron chi connectivity index (χ1n) is 7.81. The molecule has 0 radical (unpaired) electrons. The fourth-order valence-electron chi connectivity index (χ4n) is 2.76. The third kappa shape index (κ3) is 3.45. The average molecular weight is 414 g/mol. The molecule has 4 rings (SSSR count). The number of rotatable bonds is 4. The zero-order chi connectivity index (χ0) is 17.2. The molecule has 25 heavy (non-hydrogen) atoms. The Labute approximate surface area is 157 Å². The van der Waals surface area contributed by atoms with Crippen LogP contribution in [-0.2, 0) is 6.54 Å². The van der Waals surface area contributed by atoms with Crippen molar-refractivity contribution in [1.82, 2.24) is 20.0 Å². The van der Waals surface area contributed by atoms with Gasteiger partial charge in [-0.15, -0.1) is 0 Å². The van der Waals surface area contributed by atoms with Crippen molar-refractivity contribution in [2.75, 3.05) is 0 Å². The van der Waals surface area contributed by atoms with Gasteiger partial charge in [-0.3, -0.25) is 0 Å². The van der Waals surface area contributed by atoms with E-state index in [0.717, 1.165) is 26.8 Å². The maximum absolute atomic E-state index is 6.20. The van der Waals surface area contributed by atoms with E-state index < -0.39 is 0 Å². The second-order valence-electron chi connectivity index (χ2n) is 5.66. The predicted octanol–water partition coefficient (Wildman–Crippen LogP) is 3.57. The number of aromatic nitrogens is 4. The second kappa shape index (κ2) is 6.96. The molecule has 0 aliphatic heterocycles. The maximum atomic E-state index is 6.20. The van der Waals surface area contributed by atoms with Gasteiger partial charge in [0.25, 0.3) is 0 Å². The van der Waals surface area contributed by atoms with Crippen molar-refractivity contribution in [1.29, 1.82) is 0 Å². The molecule has 0 saturated heterocycles. The van der Waals surface area contributed by atoms with Crippen molar-refractivity contribution in [2.45, 2.75) is 12.4 Å². The summed E-state index contributed by atoms with van der Waals surface area (Å²) in [6.45, 7) is 0.697. The summed E-state index contributed by atoms with van der Waals surface area (Å²) < 4.78 is 2.95. The van der Waals surface area contributed by atoms with Crippen LogP contribution in [0.25, 0.3) is 22.2 Å². The van der Waals surface area contributed by atoms with Gasteiger partial charge < -0.3 is 0 Å². The topological polar surface area (TPSA) is 43.6 Å². The zero-order valence-corrected chi connectivity index (χ0v) is 16.0. The molecule has 0 bridgehead atoms. The van der Waals surface area contributed by atoms with Gasteiger partial charge in [0.2, 0.25) is 0 Å². The Morgan fingerprint density at radius 2 is 1.92 bits per heavy atom. The Morgan fingerprint density at radius 3 is 2.72 bits per heavy atom. The van der Waals surface area contributed by atoms with Gasteiger partial charge in [0.15, 0.2) is 0 Å². The molecular formula is C19H15ClN4Se. The molecule has 124 valence electrons. The molecule has 4 aromatic rings. The quantitative estimate of drug-likeness (QED) is 0.480. The van der Waals surface area contributed by atoms with Gasteiger partial charge in [-0.1, -0.05) is 0 Å². The van der Waals surface area contributed by atoms with E-state index in [4.69, 9.17) is 16.6 Å². The van der Waals surface area contributed by atoms with E-state index in [1.807, 2.05) is 47.3 Å². The first-order valence-corrected chi connectivity index (χ1v) is 10.8. The molecule has 2 heterocycles. The number of hydrogen-bond donors (Lipinski definition) is 0. The molecule has 0 atom stereocenters. The summed E-state index contributed by atoms with van der Waals surface area (Å²) in [5.74, 6) is 2.16. The van der Waals surface area contributed by atoms with Crippen molar-refractivity contribution < 1.29 is 0 Å². The monoisotopic (exact) mass is 414 g/mol. The van der Waals surface area contributed by atoms with Gasteiger partial charge in [-0.2, -0.15) is 0 Å². The molecule has 6 heteroatoms. The molecule has 0 aliphatic rings. The SMILES string of the molecule is C[Se]c1cc(-c2cn(Cc3ccccc3)nn2)c2cc(Cl)ccc2n1. The molecule has 2 aromatic heterocycles. The first-order chi connectivity index (χ1) is 12.2. The fourth-order valence-corrected chi connectivity index (χ4v) is 3.82. The number of fused-ring (bicyclic) bond motifs is 1. The number of pyridine rings is 1. The van der Waals surface area contributed by atoms with E-state index in [-0.39, 0.29) is 0 Å². The minimum absolute atomic E-state index is 0.308. The summed E-state index contributed by atoms with van der Waals surface area (Å²) in [6.07, 6.45) is 1.98. The van der Waals surface area contributed by atoms with Crippen molar-refractivity contribution in [3.05, 3.63) is 71.4 Å². The predicted molar refractivity (Wildman–Crippen MR) is 103 cm³/mol. The van der Waals surface area contributed by atoms with E-state index in [2.05, 4.69) is 34.3 Å². The summed E-state index contributed by atoms with van der Waals surface area (Å²) in [4.78, 5) is 4.71. The Hall–Kier alpha value is -2.20. The van der Waals surface area contributed by atoms with Crippen LogP contribution in [0.4, 0.5) is 0 Å². The van der Waals surface area contributed by atoms with Gasteiger partial charge in [0, 0.05) is 0 Å². The van der Waals surface area contributed by atoms with E-state index in [9.17, 15) is 0 Å². The van der Waals surface area contributed by atoms with Crippen LogP contribution in [0.15, 0.2) is 60.8 Å². The molecule has 0 amide bonds. The van der Waals surface area contributed by atoms with Crippen molar-refractivity contribution in [3.63, 3.8) is 0 Å². The van der Waals surface area contributed by atoms with Gasteiger partial charge in [0.05, 0.1) is 0 Å². The summed E-state index contributed by atoms with van der Waals surface area (Å²) in [6, 6.07) is 18.1. The van der Waals surface area contributed by atoms with Crippen LogP contribution in [0.5, 0.6) is 0 Å². The Kier molecular flexibility index (Phi) is 4.53. The summed E-state index contributed by atoms with van der Waals surface area (Å²) in [5.41, 5.74) is 4.01. The van der Waals surface area contributed by atoms with E-state index in [1.165, 1.54) is 5.56 Å². The van der Waals surface area contributed by atoms with Crippen LogP contribution in [0.3, 0.4) is 0 Å². The fraction of sp³-hybridized carbons (Fsp3) is 0.105. The average Bonchev–Trinajstić information content (AvgIpc) is 3.10. The summed E-state index contributed by atoms with van der Waals surface area (Å²) in [7, 11) is 0. The van der Waals surface area contributed by atoms with Gasteiger partial charge >= 0.3 is 157 Å². The van der Waals surface area contributed by atoms with Crippen LogP contribution in [0, 0.1) is 0 Å². The third-order valence-corrected chi connectivity index (χ3v) is 5.51. The van der Waals surface area contributed by atoms with Crippen LogP contribution in [0.2, 0.25) is 10.8 Å². The van der Waals surface area contributed by atoms with Crippen molar-refractivity contribution in [2.24, 2.45) is 0 Å². The van der Waals surface area contributed by atoms with E-state index in [0.29, 0.717) is 26.5 Å². The zero-order valence-electron chi connectivity index (χ0n) is 13.6. The van der Waals surface area contributed by atoms with Crippen molar-refractivity contribution >= 4 is 42.1 Å². The Morgan fingerprint density at radius 1 is 1.08 bits per heavy atom. The molecule has 0 aliphatic carbocycles. The minimum atomic E-state index is 0.308. The third-order valence-electron chi connectivity index (χ3n) is 3.96. The van der Waals surface area contributed by atoms with Crippen LogP contribution in [-0.4, -0.2) is 34.9 Å². The van der Waals surface area contributed by atoms with Crippen LogP contribution < -0.4 is 4.59 Å². The van der Waals surface area contributed by atoms with Gasteiger partial charge in [-0.05, 0) is 0 Å². The van der Waals surface area contributed by atoms with Crippen LogP contribution in [0.1, 0.15) is 5.56 Å². The van der Waals surface area contributed by atoms with E-state index >= 15 is 0 Å². The second-order valence-corrected chi connectivity index (χ2v) is 7.83. The number of nitrogens with zero attached hydrogens (tertiary/aromatic N) is 4. The molecular weight excluding hydrogens is 399 g/mol. The van der Waals surface area contributed by atoms with Gasteiger partial charge in [-0.25, -0.2) is 0 Å². The Balaban J connectivity index is 1.78. The molecule has 0 saturated carbocycles. The van der Waals surface area contributed by atoms with Crippen LogP contribution >= 0.6 is 11.6 Å². The molecule has 2 aromatic carbocycles. The normalized spacial score (nSPS) is 11.1. The molecule has 0 unspecified atom stereocenters. The van der Waals surface area contributed by atoms with E-state index in [1.54, 1.807) is 0 Å². The molecule has 0 spiro atoms. The summed E-state index contributed by atoms with van der Waals surface area (Å²) in [5, 5.41) is 10.4. The molecule has 0 N–H and O–H groups in total. The van der Waals surface area contributed by atoms with Gasteiger partial charge in [0.1, 0.15) is 0 Å². The van der Waals surface area contributed by atoms with Crippen molar-refractivity contribution in [3.8, 4) is 11.3 Å². The number of hydrogen-bond acceptors (Lipinski definition) is 3. The number of benzene rings is 2. The first kappa shape index (κ1) is 16.3. The molecule has 0 fully saturated rings. The standard InChI is InChI=1S/C19H15ClN4Se/c1-25-19-10-16(15-9-14(20)7-8-17(15)21-19)18-12-24(23-22-18)11-13-5-3-2-4-6-13/h2-10,12H,11H2,1H3. The molecule has 4 nitrogen and oxygen atoms in total. The number of halogens is 1. The Bertz CT molecular complexity index is 1030. The summed E-state index contributed by atoms with van der Waals surface area (Å²) >= 11 is 6.51.